The third-order valence-corrected chi connectivity index (χ3v) is 6.75. The summed E-state index contributed by atoms with van der Waals surface area (Å²) in [5.41, 5.74) is 3.37. The molecule has 2 fully saturated rings. The molecule has 0 bridgehead atoms. The summed E-state index contributed by atoms with van der Waals surface area (Å²) in [6.45, 7) is 4.24. The fourth-order valence-corrected chi connectivity index (χ4v) is 5.05. The van der Waals surface area contributed by atoms with E-state index in [0.717, 1.165) is 29.3 Å². The van der Waals surface area contributed by atoms with Gasteiger partial charge >= 0.3 is 0 Å². The van der Waals surface area contributed by atoms with Crippen molar-refractivity contribution in [1.29, 1.82) is 0 Å². The number of nitrogens with one attached hydrogen (secondary N) is 1. The van der Waals surface area contributed by atoms with Gasteiger partial charge in [-0.05, 0) is 45.1 Å². The van der Waals surface area contributed by atoms with Crippen molar-refractivity contribution in [3.63, 3.8) is 0 Å². The van der Waals surface area contributed by atoms with Crippen LogP contribution in [0.3, 0.4) is 0 Å². The van der Waals surface area contributed by atoms with Crippen LogP contribution < -0.4 is 5.32 Å². The molecular formula is C21H27N3OS. The van der Waals surface area contributed by atoms with E-state index < -0.39 is 0 Å². The molecular weight excluding hydrogens is 342 g/mol. The van der Waals surface area contributed by atoms with Gasteiger partial charge in [-0.2, -0.15) is 0 Å². The van der Waals surface area contributed by atoms with Crippen LogP contribution in [-0.4, -0.2) is 21.5 Å². The van der Waals surface area contributed by atoms with Crippen molar-refractivity contribution in [2.45, 2.75) is 74.9 Å². The number of hydrogen-bond acceptors (Lipinski definition) is 3. The lowest BCUT2D eigenvalue weighted by molar-refractivity contribution is -0.120. The largest absolute Gasteiger partial charge is 0.352 e. The molecule has 1 N–H and O–H groups in total. The SMILES string of the molecule is Cc1nc(S[C@@H](C(=O)NC2CC2)c2ccccc2)n(C2CCCC2)c1C. The number of amides is 1. The number of thioether (sulfide) groups is 1. The lowest BCUT2D eigenvalue weighted by atomic mass is 10.1. The van der Waals surface area contributed by atoms with Crippen LogP contribution in [0.15, 0.2) is 35.5 Å². The highest BCUT2D eigenvalue weighted by atomic mass is 32.2. The molecule has 0 saturated heterocycles. The number of carbonyl (C=O) groups excluding carboxylic acids is 1. The van der Waals surface area contributed by atoms with Gasteiger partial charge in [-0.25, -0.2) is 4.98 Å². The van der Waals surface area contributed by atoms with Crippen LogP contribution in [-0.2, 0) is 4.79 Å². The molecule has 2 saturated carbocycles. The van der Waals surface area contributed by atoms with Gasteiger partial charge in [0.1, 0.15) is 5.25 Å². The Morgan fingerprint density at radius 3 is 2.50 bits per heavy atom. The van der Waals surface area contributed by atoms with Crippen LogP contribution in [0.1, 0.15) is 66.8 Å². The van der Waals surface area contributed by atoms with Gasteiger partial charge in [-0.15, -0.1) is 0 Å². The van der Waals surface area contributed by atoms with Gasteiger partial charge in [0.15, 0.2) is 5.16 Å². The number of carbonyl (C=O) groups is 1. The van der Waals surface area contributed by atoms with E-state index >= 15 is 0 Å². The van der Waals surface area contributed by atoms with Crippen molar-refractivity contribution in [2.24, 2.45) is 0 Å². The molecule has 5 heteroatoms. The summed E-state index contributed by atoms with van der Waals surface area (Å²) in [6, 6.07) is 11.0. The fraction of sp³-hybridized carbons (Fsp3) is 0.524. The van der Waals surface area contributed by atoms with Crippen LogP contribution in [0.2, 0.25) is 0 Å². The summed E-state index contributed by atoms with van der Waals surface area (Å²) in [7, 11) is 0. The molecule has 1 heterocycles. The summed E-state index contributed by atoms with van der Waals surface area (Å²) in [5, 5.41) is 3.93. The normalized spacial score (nSPS) is 18.8. The van der Waals surface area contributed by atoms with Crippen LogP contribution in [0.25, 0.3) is 0 Å². The Morgan fingerprint density at radius 1 is 1.15 bits per heavy atom. The quantitative estimate of drug-likeness (QED) is 0.749. The highest BCUT2D eigenvalue weighted by molar-refractivity contribution is 8.00. The molecule has 1 atom stereocenters. The van der Waals surface area contributed by atoms with Crippen LogP contribution in [0, 0.1) is 13.8 Å². The number of rotatable bonds is 6. The second-order valence-electron chi connectivity index (χ2n) is 7.56. The number of aryl methyl sites for hydroxylation is 1. The second-order valence-corrected chi connectivity index (χ2v) is 8.64. The monoisotopic (exact) mass is 369 g/mol. The van der Waals surface area contributed by atoms with Crippen LogP contribution in [0.5, 0.6) is 0 Å². The van der Waals surface area contributed by atoms with Gasteiger partial charge in [-0.3, -0.25) is 4.79 Å². The lowest BCUT2D eigenvalue weighted by Crippen LogP contribution is -2.30. The molecule has 4 rings (SSSR count). The standard InChI is InChI=1S/C21H27N3OS/c1-14-15(2)24(18-10-6-7-11-18)21(22-14)26-19(16-8-4-3-5-9-16)20(25)23-17-12-13-17/h3-5,8-9,17-19H,6-7,10-13H2,1-2H3,(H,23,25)/t19-/m1/s1. The van der Waals surface area contributed by atoms with E-state index in [2.05, 4.69) is 23.7 Å². The first-order valence-electron chi connectivity index (χ1n) is 9.71. The molecule has 0 aliphatic heterocycles. The molecule has 0 radical (unpaired) electrons. The summed E-state index contributed by atoms with van der Waals surface area (Å²) < 4.78 is 2.40. The molecule has 0 spiro atoms. The molecule has 26 heavy (non-hydrogen) atoms. The number of hydrogen-bond donors (Lipinski definition) is 1. The highest BCUT2D eigenvalue weighted by Crippen LogP contribution is 2.41. The second kappa shape index (κ2) is 7.47. The maximum atomic E-state index is 13.0. The topological polar surface area (TPSA) is 46.9 Å². The molecule has 0 unspecified atom stereocenters. The maximum Gasteiger partial charge on any atom is 0.238 e. The number of benzene rings is 1. The minimum atomic E-state index is -0.252. The third-order valence-electron chi connectivity index (χ3n) is 5.53. The predicted molar refractivity (Wildman–Crippen MR) is 105 cm³/mol. The highest BCUT2D eigenvalue weighted by Gasteiger charge is 2.31. The molecule has 1 amide bonds. The molecule has 2 aliphatic carbocycles. The molecule has 2 aromatic rings. The lowest BCUT2D eigenvalue weighted by Gasteiger charge is -2.20. The first kappa shape index (κ1) is 17.7. The van der Waals surface area contributed by atoms with Gasteiger partial charge in [0.05, 0.1) is 5.69 Å². The summed E-state index contributed by atoms with van der Waals surface area (Å²) in [5.74, 6) is 0.111. The Kier molecular flexibility index (Phi) is 5.07. The summed E-state index contributed by atoms with van der Waals surface area (Å²) >= 11 is 1.61. The first-order valence-corrected chi connectivity index (χ1v) is 10.6. The van der Waals surface area contributed by atoms with E-state index in [1.54, 1.807) is 11.8 Å². The molecule has 138 valence electrons. The summed E-state index contributed by atoms with van der Waals surface area (Å²) in [4.78, 5) is 17.8. The van der Waals surface area contributed by atoms with Crippen molar-refractivity contribution >= 4 is 17.7 Å². The number of nitrogens with zero attached hydrogens (tertiary/aromatic N) is 2. The van der Waals surface area contributed by atoms with Crippen LogP contribution >= 0.6 is 11.8 Å². The predicted octanol–water partition coefficient (Wildman–Crippen LogP) is 4.73. The first-order chi connectivity index (χ1) is 12.6. The Balaban J connectivity index is 1.65. The zero-order valence-corrected chi connectivity index (χ0v) is 16.4. The molecule has 1 aromatic carbocycles. The third kappa shape index (κ3) is 3.68. The van der Waals surface area contributed by atoms with E-state index in [-0.39, 0.29) is 11.2 Å². The van der Waals surface area contributed by atoms with Gasteiger partial charge < -0.3 is 9.88 Å². The minimum Gasteiger partial charge on any atom is -0.352 e. The minimum absolute atomic E-state index is 0.111. The van der Waals surface area contributed by atoms with Gasteiger partial charge in [0.2, 0.25) is 5.91 Å². The zero-order chi connectivity index (χ0) is 18.1. The van der Waals surface area contributed by atoms with Gasteiger partial charge in [-0.1, -0.05) is 54.9 Å². The Hall–Kier alpha value is -1.75. The Labute approximate surface area is 159 Å². The molecule has 1 aromatic heterocycles. The number of imidazole rings is 1. The van der Waals surface area contributed by atoms with Crippen molar-refractivity contribution in [3.05, 3.63) is 47.3 Å². The van der Waals surface area contributed by atoms with Crippen molar-refractivity contribution in [3.8, 4) is 0 Å². The molecule has 4 nitrogen and oxygen atoms in total. The Morgan fingerprint density at radius 2 is 1.85 bits per heavy atom. The van der Waals surface area contributed by atoms with Gasteiger partial charge in [0.25, 0.3) is 0 Å². The van der Waals surface area contributed by atoms with E-state index in [1.807, 2.05) is 30.3 Å². The summed E-state index contributed by atoms with van der Waals surface area (Å²) in [6.07, 6.45) is 7.22. The smallest absolute Gasteiger partial charge is 0.238 e. The van der Waals surface area contributed by atoms with E-state index in [1.165, 1.54) is 31.4 Å². The maximum absolute atomic E-state index is 13.0. The average molecular weight is 370 g/mol. The van der Waals surface area contributed by atoms with E-state index in [9.17, 15) is 4.79 Å². The van der Waals surface area contributed by atoms with Crippen molar-refractivity contribution in [1.82, 2.24) is 14.9 Å². The molecule has 2 aliphatic rings. The van der Waals surface area contributed by atoms with Crippen molar-refractivity contribution in [2.75, 3.05) is 0 Å². The van der Waals surface area contributed by atoms with Gasteiger partial charge in [0, 0.05) is 17.8 Å². The Bertz CT molecular complexity index is 776. The zero-order valence-electron chi connectivity index (χ0n) is 15.6. The van der Waals surface area contributed by atoms with Crippen molar-refractivity contribution < 1.29 is 4.79 Å². The van der Waals surface area contributed by atoms with Crippen LogP contribution in [0.4, 0.5) is 0 Å². The van der Waals surface area contributed by atoms with E-state index in [0.29, 0.717) is 12.1 Å². The fourth-order valence-electron chi connectivity index (χ4n) is 3.78. The number of aromatic nitrogens is 2. The van der Waals surface area contributed by atoms with E-state index in [4.69, 9.17) is 4.98 Å². The average Bonchev–Trinajstić information content (AvgIpc) is 3.20.